The molecule has 1 aliphatic heterocycles. The van der Waals surface area contributed by atoms with Crippen molar-refractivity contribution in [2.45, 2.75) is 38.3 Å². The van der Waals surface area contributed by atoms with Gasteiger partial charge in [0.05, 0.1) is 12.7 Å². The second-order valence-corrected chi connectivity index (χ2v) is 5.37. The highest BCUT2D eigenvalue weighted by molar-refractivity contribution is 5.82. The molecule has 0 amide bonds. The van der Waals surface area contributed by atoms with E-state index in [9.17, 15) is 9.18 Å². The summed E-state index contributed by atoms with van der Waals surface area (Å²) in [4.78, 5) is 12.3. The van der Waals surface area contributed by atoms with E-state index < -0.39 is 11.5 Å². The summed E-state index contributed by atoms with van der Waals surface area (Å²) in [7, 11) is 0. The average Bonchev–Trinajstić information content (AvgIpc) is 2.98. The molecule has 4 nitrogen and oxygen atoms in total. The minimum absolute atomic E-state index is 0.0901. The maximum absolute atomic E-state index is 13.5. The number of ether oxygens (including phenoxy) is 2. The number of carbonyl (C=O) groups is 1. The standard InChI is InChI=1S/C16H22FNO3/c1-3-20-15(19)16(2,12-6-4-7-13(17)10-12)18-11-14-8-5-9-21-14/h4,6-7,10,14,18H,3,5,8-9,11H2,1-2H3. The lowest BCUT2D eigenvalue weighted by atomic mass is 9.91. The molecule has 0 radical (unpaired) electrons. The molecule has 0 spiro atoms. The van der Waals surface area contributed by atoms with Crippen molar-refractivity contribution in [3.8, 4) is 0 Å². The maximum atomic E-state index is 13.5. The van der Waals surface area contributed by atoms with Crippen LogP contribution in [0.5, 0.6) is 0 Å². The lowest BCUT2D eigenvalue weighted by Gasteiger charge is -2.30. The normalized spacial score (nSPS) is 21.0. The van der Waals surface area contributed by atoms with Crippen LogP contribution in [0.4, 0.5) is 4.39 Å². The van der Waals surface area contributed by atoms with Crippen molar-refractivity contribution in [3.63, 3.8) is 0 Å². The number of benzene rings is 1. The highest BCUT2D eigenvalue weighted by Gasteiger charge is 2.37. The number of hydrogen-bond donors (Lipinski definition) is 1. The predicted octanol–water partition coefficient (Wildman–Crippen LogP) is 2.37. The molecule has 0 aliphatic carbocycles. The molecule has 1 aliphatic rings. The Morgan fingerprint density at radius 3 is 3.00 bits per heavy atom. The van der Waals surface area contributed by atoms with Crippen LogP contribution in [0.25, 0.3) is 0 Å². The molecule has 1 fully saturated rings. The zero-order chi connectivity index (χ0) is 15.3. The minimum atomic E-state index is -1.08. The van der Waals surface area contributed by atoms with Gasteiger partial charge in [-0.15, -0.1) is 0 Å². The van der Waals surface area contributed by atoms with E-state index in [0.717, 1.165) is 19.4 Å². The maximum Gasteiger partial charge on any atom is 0.330 e. The second-order valence-electron chi connectivity index (χ2n) is 5.37. The number of hydrogen-bond acceptors (Lipinski definition) is 4. The number of halogens is 1. The van der Waals surface area contributed by atoms with Gasteiger partial charge in [0.1, 0.15) is 11.4 Å². The molecule has 2 atom stereocenters. The third kappa shape index (κ3) is 3.80. The number of esters is 1. The number of carbonyl (C=O) groups excluding carboxylic acids is 1. The smallest absolute Gasteiger partial charge is 0.330 e. The molecule has 0 aromatic heterocycles. The lowest BCUT2D eigenvalue weighted by Crippen LogP contribution is -2.50. The third-order valence-electron chi connectivity index (χ3n) is 3.79. The van der Waals surface area contributed by atoms with E-state index in [2.05, 4.69) is 5.32 Å². The van der Waals surface area contributed by atoms with E-state index in [1.54, 1.807) is 26.0 Å². The van der Waals surface area contributed by atoms with Gasteiger partial charge in [-0.25, -0.2) is 9.18 Å². The first-order chi connectivity index (χ1) is 10.1. The summed E-state index contributed by atoms with van der Waals surface area (Å²) < 4.78 is 24.2. The van der Waals surface area contributed by atoms with E-state index in [1.165, 1.54) is 12.1 Å². The van der Waals surface area contributed by atoms with Crippen LogP contribution in [-0.4, -0.2) is 31.8 Å². The third-order valence-corrected chi connectivity index (χ3v) is 3.79. The minimum Gasteiger partial charge on any atom is -0.464 e. The molecule has 0 saturated carbocycles. The molecule has 2 unspecified atom stereocenters. The van der Waals surface area contributed by atoms with Crippen molar-refractivity contribution in [2.75, 3.05) is 19.8 Å². The Morgan fingerprint density at radius 2 is 2.38 bits per heavy atom. The van der Waals surface area contributed by atoms with Crippen molar-refractivity contribution in [3.05, 3.63) is 35.6 Å². The Balaban J connectivity index is 2.18. The van der Waals surface area contributed by atoms with Gasteiger partial charge in [0, 0.05) is 13.2 Å². The summed E-state index contributed by atoms with van der Waals surface area (Å²) in [6.07, 6.45) is 2.09. The second kappa shape index (κ2) is 7.00. The first-order valence-corrected chi connectivity index (χ1v) is 7.36. The van der Waals surface area contributed by atoms with E-state index in [1.807, 2.05) is 0 Å². The molecule has 5 heteroatoms. The van der Waals surface area contributed by atoms with E-state index in [-0.39, 0.29) is 18.5 Å². The van der Waals surface area contributed by atoms with Crippen LogP contribution in [0.15, 0.2) is 24.3 Å². The lowest BCUT2D eigenvalue weighted by molar-refractivity contribution is -0.151. The molecule has 1 aromatic rings. The van der Waals surface area contributed by atoms with Crippen molar-refractivity contribution in [1.82, 2.24) is 5.32 Å². The average molecular weight is 295 g/mol. The summed E-state index contributed by atoms with van der Waals surface area (Å²) in [5.41, 5.74) is -0.525. The van der Waals surface area contributed by atoms with E-state index >= 15 is 0 Å². The van der Waals surface area contributed by atoms with Crippen molar-refractivity contribution in [1.29, 1.82) is 0 Å². The Morgan fingerprint density at radius 1 is 1.57 bits per heavy atom. The molecule has 116 valence electrons. The van der Waals surface area contributed by atoms with Crippen LogP contribution in [0.1, 0.15) is 32.3 Å². The summed E-state index contributed by atoms with van der Waals surface area (Å²) in [6.45, 7) is 5.04. The molecule has 2 rings (SSSR count). The topological polar surface area (TPSA) is 47.6 Å². The first kappa shape index (κ1) is 15.9. The van der Waals surface area contributed by atoms with Crippen LogP contribution in [0.2, 0.25) is 0 Å². The van der Waals surface area contributed by atoms with Gasteiger partial charge in [0.15, 0.2) is 0 Å². The van der Waals surface area contributed by atoms with Gasteiger partial charge >= 0.3 is 5.97 Å². The SMILES string of the molecule is CCOC(=O)C(C)(NCC1CCCO1)c1cccc(F)c1. The van der Waals surface area contributed by atoms with Gasteiger partial charge in [0.2, 0.25) is 0 Å². The van der Waals surface area contributed by atoms with Crippen LogP contribution in [0, 0.1) is 5.82 Å². The molecule has 1 saturated heterocycles. The van der Waals surface area contributed by atoms with Crippen molar-refractivity contribution in [2.24, 2.45) is 0 Å². The quantitative estimate of drug-likeness (QED) is 0.819. The van der Waals surface area contributed by atoms with Gasteiger partial charge in [-0.3, -0.25) is 5.32 Å². The summed E-state index contributed by atoms with van der Waals surface area (Å²) in [6, 6.07) is 6.03. The van der Waals surface area contributed by atoms with Crippen LogP contribution >= 0.6 is 0 Å². The highest BCUT2D eigenvalue weighted by Crippen LogP contribution is 2.24. The Kier molecular flexibility index (Phi) is 5.31. The Bertz CT molecular complexity index is 488. The Hall–Kier alpha value is -1.46. The fourth-order valence-corrected chi connectivity index (χ4v) is 2.49. The molecular formula is C16H22FNO3. The fraction of sp³-hybridized carbons (Fsp3) is 0.562. The van der Waals surface area contributed by atoms with Gasteiger partial charge in [0.25, 0.3) is 0 Å². The molecule has 1 aromatic carbocycles. The van der Waals surface area contributed by atoms with Crippen molar-refractivity contribution < 1.29 is 18.7 Å². The number of nitrogens with one attached hydrogen (secondary N) is 1. The van der Waals surface area contributed by atoms with Crippen molar-refractivity contribution >= 4 is 5.97 Å². The summed E-state index contributed by atoms with van der Waals surface area (Å²) in [5.74, 6) is -0.782. The molecule has 1 heterocycles. The monoisotopic (exact) mass is 295 g/mol. The predicted molar refractivity (Wildman–Crippen MR) is 77.4 cm³/mol. The first-order valence-electron chi connectivity index (χ1n) is 7.36. The highest BCUT2D eigenvalue weighted by atomic mass is 19.1. The fourth-order valence-electron chi connectivity index (χ4n) is 2.49. The van der Waals surface area contributed by atoms with E-state index in [0.29, 0.717) is 12.1 Å². The zero-order valence-corrected chi connectivity index (χ0v) is 12.5. The van der Waals surface area contributed by atoms with Crippen LogP contribution < -0.4 is 5.32 Å². The van der Waals surface area contributed by atoms with E-state index in [4.69, 9.17) is 9.47 Å². The van der Waals surface area contributed by atoms with Gasteiger partial charge in [-0.1, -0.05) is 12.1 Å². The van der Waals surface area contributed by atoms with Gasteiger partial charge < -0.3 is 9.47 Å². The summed E-state index contributed by atoms with van der Waals surface area (Å²) in [5, 5.41) is 3.20. The van der Waals surface area contributed by atoms with Gasteiger partial charge in [-0.2, -0.15) is 0 Å². The molecule has 0 bridgehead atoms. The van der Waals surface area contributed by atoms with Gasteiger partial charge in [-0.05, 0) is 44.4 Å². The molecule has 1 N–H and O–H groups in total. The summed E-state index contributed by atoms with van der Waals surface area (Å²) >= 11 is 0. The largest absolute Gasteiger partial charge is 0.464 e. The van der Waals surface area contributed by atoms with Crippen LogP contribution in [-0.2, 0) is 19.8 Å². The molecular weight excluding hydrogens is 273 g/mol. The molecule has 21 heavy (non-hydrogen) atoms. The van der Waals surface area contributed by atoms with Crippen LogP contribution in [0.3, 0.4) is 0 Å². The zero-order valence-electron chi connectivity index (χ0n) is 12.5. The Labute approximate surface area is 124 Å². The number of rotatable bonds is 6.